The maximum atomic E-state index is 12.6. The Bertz CT molecular complexity index is 704. The lowest BCUT2D eigenvalue weighted by Crippen LogP contribution is -2.38. The number of aromatic nitrogens is 4. The van der Waals surface area contributed by atoms with E-state index >= 15 is 0 Å². The molecule has 1 saturated heterocycles. The number of hydrogen-bond donors (Lipinski definition) is 1. The normalized spacial score (nSPS) is 15.7. The van der Waals surface area contributed by atoms with Crippen molar-refractivity contribution in [2.24, 2.45) is 0 Å². The van der Waals surface area contributed by atoms with Crippen molar-refractivity contribution in [1.29, 1.82) is 0 Å². The summed E-state index contributed by atoms with van der Waals surface area (Å²) in [4.78, 5) is 31.1. The van der Waals surface area contributed by atoms with E-state index in [2.05, 4.69) is 19.9 Å². The molecule has 0 atom stereocenters. The number of piperidine rings is 1. The molecule has 1 fully saturated rings. The van der Waals surface area contributed by atoms with Crippen molar-refractivity contribution >= 4 is 11.9 Å². The zero-order valence-electron chi connectivity index (χ0n) is 13.4. The number of nitrogens with two attached hydrogens (primary N) is 1. The molecule has 2 aromatic rings. The molecule has 0 radical (unpaired) electrons. The van der Waals surface area contributed by atoms with E-state index in [1.807, 2.05) is 17.9 Å². The van der Waals surface area contributed by atoms with Gasteiger partial charge in [-0.15, -0.1) is 0 Å². The summed E-state index contributed by atoms with van der Waals surface area (Å²) in [7, 11) is 0. The Morgan fingerprint density at radius 3 is 2.61 bits per heavy atom. The topological polar surface area (TPSA) is 97.9 Å². The van der Waals surface area contributed by atoms with Gasteiger partial charge in [0.1, 0.15) is 11.5 Å². The molecule has 3 rings (SSSR count). The third-order valence-corrected chi connectivity index (χ3v) is 4.08. The van der Waals surface area contributed by atoms with Crippen LogP contribution in [-0.2, 0) is 0 Å². The predicted octanol–water partition coefficient (Wildman–Crippen LogP) is 1.49. The van der Waals surface area contributed by atoms with Crippen molar-refractivity contribution in [3.05, 3.63) is 41.2 Å². The first kappa shape index (κ1) is 15.3. The minimum absolute atomic E-state index is 0.0285. The highest BCUT2D eigenvalue weighted by Gasteiger charge is 2.26. The summed E-state index contributed by atoms with van der Waals surface area (Å²) in [6.07, 6.45) is 3.41. The first-order valence-electron chi connectivity index (χ1n) is 7.73. The van der Waals surface area contributed by atoms with E-state index in [0.29, 0.717) is 36.5 Å². The quantitative estimate of drug-likeness (QED) is 0.902. The van der Waals surface area contributed by atoms with Gasteiger partial charge in [0.25, 0.3) is 5.91 Å². The molecule has 1 aliphatic rings. The molecule has 0 aromatic carbocycles. The molecule has 2 N–H and O–H groups in total. The lowest BCUT2D eigenvalue weighted by atomic mass is 9.93. The van der Waals surface area contributed by atoms with Crippen LogP contribution in [0.25, 0.3) is 0 Å². The van der Waals surface area contributed by atoms with E-state index in [9.17, 15) is 4.79 Å². The predicted molar refractivity (Wildman–Crippen MR) is 85.8 cm³/mol. The third-order valence-electron chi connectivity index (χ3n) is 4.08. The van der Waals surface area contributed by atoms with Crippen LogP contribution < -0.4 is 5.73 Å². The van der Waals surface area contributed by atoms with Gasteiger partial charge in [0.05, 0.1) is 0 Å². The van der Waals surface area contributed by atoms with Gasteiger partial charge in [0.2, 0.25) is 5.95 Å². The Morgan fingerprint density at radius 2 is 1.96 bits per heavy atom. The number of likely N-dealkylation sites (tertiary alicyclic amines) is 1. The molecule has 7 nitrogen and oxygen atoms in total. The second-order valence-electron chi connectivity index (χ2n) is 5.85. The summed E-state index contributed by atoms with van der Waals surface area (Å²) in [5.41, 5.74) is 7.89. The maximum absolute atomic E-state index is 12.6. The van der Waals surface area contributed by atoms with E-state index in [-0.39, 0.29) is 5.91 Å². The fourth-order valence-electron chi connectivity index (χ4n) is 2.98. The monoisotopic (exact) mass is 312 g/mol. The number of rotatable bonds is 2. The van der Waals surface area contributed by atoms with Crippen molar-refractivity contribution in [1.82, 2.24) is 24.8 Å². The van der Waals surface area contributed by atoms with Gasteiger partial charge in [-0.25, -0.2) is 19.9 Å². The minimum Gasteiger partial charge on any atom is -0.368 e. The summed E-state index contributed by atoms with van der Waals surface area (Å²) >= 11 is 0. The molecular formula is C16H20N6O. The molecule has 120 valence electrons. The lowest BCUT2D eigenvalue weighted by Gasteiger charge is -2.31. The smallest absolute Gasteiger partial charge is 0.272 e. The highest BCUT2D eigenvalue weighted by molar-refractivity contribution is 5.92. The average molecular weight is 312 g/mol. The van der Waals surface area contributed by atoms with Gasteiger partial charge in [-0.2, -0.15) is 0 Å². The number of carbonyl (C=O) groups is 1. The number of nitrogen functional groups attached to an aromatic ring is 1. The summed E-state index contributed by atoms with van der Waals surface area (Å²) in [5.74, 6) is 1.21. The van der Waals surface area contributed by atoms with Crippen LogP contribution in [0.3, 0.4) is 0 Å². The van der Waals surface area contributed by atoms with Crippen LogP contribution in [0.1, 0.15) is 46.5 Å². The van der Waals surface area contributed by atoms with E-state index in [1.165, 1.54) is 0 Å². The average Bonchev–Trinajstić information content (AvgIpc) is 2.53. The van der Waals surface area contributed by atoms with Gasteiger partial charge in [0.15, 0.2) is 0 Å². The van der Waals surface area contributed by atoms with Crippen LogP contribution in [0.15, 0.2) is 18.3 Å². The molecule has 0 unspecified atom stereocenters. The van der Waals surface area contributed by atoms with Crippen molar-refractivity contribution < 1.29 is 4.79 Å². The number of nitrogens with zero attached hydrogens (tertiary/aromatic N) is 5. The van der Waals surface area contributed by atoms with Gasteiger partial charge in [-0.1, -0.05) is 0 Å². The Balaban J connectivity index is 1.67. The summed E-state index contributed by atoms with van der Waals surface area (Å²) in [5, 5.41) is 0. The largest absolute Gasteiger partial charge is 0.368 e. The fraction of sp³-hybridized carbons (Fsp3) is 0.438. The van der Waals surface area contributed by atoms with Crippen LogP contribution >= 0.6 is 0 Å². The molecule has 7 heteroatoms. The number of amides is 1. The molecule has 23 heavy (non-hydrogen) atoms. The zero-order chi connectivity index (χ0) is 16.4. The number of aryl methyl sites for hydroxylation is 2. The maximum Gasteiger partial charge on any atom is 0.272 e. The first-order valence-corrected chi connectivity index (χ1v) is 7.73. The summed E-state index contributed by atoms with van der Waals surface area (Å²) in [6.45, 7) is 5.05. The van der Waals surface area contributed by atoms with Crippen molar-refractivity contribution in [2.75, 3.05) is 18.8 Å². The molecule has 0 saturated carbocycles. The Kier molecular flexibility index (Phi) is 4.18. The molecule has 0 aliphatic carbocycles. The van der Waals surface area contributed by atoms with E-state index in [1.54, 1.807) is 19.2 Å². The van der Waals surface area contributed by atoms with Gasteiger partial charge >= 0.3 is 0 Å². The Morgan fingerprint density at radius 1 is 1.22 bits per heavy atom. The molecule has 0 bridgehead atoms. The van der Waals surface area contributed by atoms with E-state index in [0.717, 1.165) is 24.2 Å². The van der Waals surface area contributed by atoms with Crippen LogP contribution in [-0.4, -0.2) is 43.8 Å². The summed E-state index contributed by atoms with van der Waals surface area (Å²) in [6, 6.07) is 3.64. The van der Waals surface area contributed by atoms with Gasteiger partial charge in [-0.05, 0) is 38.8 Å². The van der Waals surface area contributed by atoms with Crippen LogP contribution in [0.4, 0.5) is 5.95 Å². The molecule has 1 amide bonds. The van der Waals surface area contributed by atoms with E-state index < -0.39 is 0 Å². The number of carbonyl (C=O) groups excluding carboxylic acids is 1. The van der Waals surface area contributed by atoms with Crippen LogP contribution in [0.5, 0.6) is 0 Å². The van der Waals surface area contributed by atoms with Crippen molar-refractivity contribution in [3.63, 3.8) is 0 Å². The Labute approximate surface area is 135 Å². The molecule has 3 heterocycles. The van der Waals surface area contributed by atoms with Crippen LogP contribution in [0.2, 0.25) is 0 Å². The second-order valence-corrected chi connectivity index (χ2v) is 5.85. The minimum atomic E-state index is -0.0285. The second kappa shape index (κ2) is 6.28. The van der Waals surface area contributed by atoms with Crippen molar-refractivity contribution in [3.8, 4) is 0 Å². The third kappa shape index (κ3) is 3.44. The van der Waals surface area contributed by atoms with Crippen LogP contribution in [0, 0.1) is 13.8 Å². The summed E-state index contributed by atoms with van der Waals surface area (Å²) < 4.78 is 0. The van der Waals surface area contributed by atoms with Crippen molar-refractivity contribution in [2.45, 2.75) is 32.6 Å². The molecule has 0 spiro atoms. The van der Waals surface area contributed by atoms with E-state index in [4.69, 9.17) is 5.73 Å². The Hall–Kier alpha value is -2.57. The highest BCUT2D eigenvalue weighted by atomic mass is 16.2. The zero-order valence-corrected chi connectivity index (χ0v) is 13.4. The number of hydrogen-bond acceptors (Lipinski definition) is 6. The SMILES string of the molecule is Cc1cc(C(=O)N2CCC(c3ccnc(N)n3)CC2)nc(C)n1. The molecular weight excluding hydrogens is 292 g/mol. The highest BCUT2D eigenvalue weighted by Crippen LogP contribution is 2.27. The fourth-order valence-corrected chi connectivity index (χ4v) is 2.98. The molecule has 2 aromatic heterocycles. The number of anilines is 1. The van der Waals surface area contributed by atoms with Gasteiger partial charge in [0, 0.05) is 36.6 Å². The first-order chi connectivity index (χ1) is 11.0. The lowest BCUT2D eigenvalue weighted by molar-refractivity contribution is 0.0705. The van der Waals surface area contributed by atoms with Gasteiger partial charge < -0.3 is 10.6 Å². The standard InChI is InChI=1S/C16H20N6O/c1-10-9-14(20-11(2)19-10)15(23)22-7-4-12(5-8-22)13-3-6-18-16(17)21-13/h3,6,9,12H,4-5,7-8H2,1-2H3,(H2,17,18,21). The van der Waals surface area contributed by atoms with Gasteiger partial charge in [-0.3, -0.25) is 4.79 Å². The molecule has 1 aliphatic heterocycles.